The summed E-state index contributed by atoms with van der Waals surface area (Å²) >= 11 is 2.07. The van der Waals surface area contributed by atoms with Crippen molar-refractivity contribution in [3.05, 3.63) is 23.9 Å². The van der Waals surface area contributed by atoms with Crippen LogP contribution >= 0.6 is 11.8 Å². The molecule has 1 fully saturated rings. The highest BCUT2D eigenvalue weighted by molar-refractivity contribution is 8.00. The van der Waals surface area contributed by atoms with E-state index in [2.05, 4.69) is 52.9 Å². The Hall–Kier alpha value is -0.740. The Labute approximate surface area is 114 Å². The van der Waals surface area contributed by atoms with Gasteiger partial charge in [0.15, 0.2) is 0 Å². The number of nitrogens with zero attached hydrogens (tertiary/aromatic N) is 2. The highest BCUT2D eigenvalue weighted by Gasteiger charge is 2.24. The minimum Gasteiger partial charge on any atom is -0.356 e. The summed E-state index contributed by atoms with van der Waals surface area (Å²) in [5.41, 5.74) is 1.30. The van der Waals surface area contributed by atoms with Crippen molar-refractivity contribution in [1.29, 1.82) is 0 Å². The van der Waals surface area contributed by atoms with Crippen molar-refractivity contribution < 1.29 is 0 Å². The molecule has 2 heterocycles. The third kappa shape index (κ3) is 3.62. The van der Waals surface area contributed by atoms with Crippen molar-refractivity contribution in [3.63, 3.8) is 0 Å². The van der Waals surface area contributed by atoms with E-state index in [1.807, 2.05) is 13.2 Å². The number of hydrogen-bond donors (Lipinski definition) is 1. The van der Waals surface area contributed by atoms with E-state index in [9.17, 15) is 0 Å². The highest BCUT2D eigenvalue weighted by atomic mass is 32.2. The van der Waals surface area contributed by atoms with Gasteiger partial charge in [0.05, 0.1) is 0 Å². The lowest BCUT2D eigenvalue weighted by molar-refractivity contribution is 0.635. The second kappa shape index (κ2) is 5.93. The van der Waals surface area contributed by atoms with Gasteiger partial charge in [-0.05, 0) is 31.2 Å². The van der Waals surface area contributed by atoms with E-state index in [1.165, 1.54) is 17.7 Å². The third-order valence-electron chi connectivity index (χ3n) is 3.35. The number of nitrogens with one attached hydrogen (secondary N) is 1. The van der Waals surface area contributed by atoms with Crippen LogP contribution in [-0.2, 0) is 6.54 Å². The lowest BCUT2D eigenvalue weighted by Crippen LogP contribution is -2.27. The second-order valence-corrected chi connectivity index (χ2v) is 7.20. The molecule has 0 aliphatic carbocycles. The summed E-state index contributed by atoms with van der Waals surface area (Å²) in [4.78, 5) is 6.94. The molecular weight excluding hydrogens is 242 g/mol. The largest absolute Gasteiger partial charge is 0.356 e. The summed E-state index contributed by atoms with van der Waals surface area (Å²) in [5, 5.41) is 3.19. The Kier molecular flexibility index (Phi) is 4.51. The molecule has 1 aromatic rings. The van der Waals surface area contributed by atoms with Crippen LogP contribution in [0.15, 0.2) is 18.3 Å². The molecule has 2 rings (SSSR count). The Balaban J connectivity index is 2.08. The molecule has 0 radical (unpaired) electrons. The summed E-state index contributed by atoms with van der Waals surface area (Å²) in [6.07, 6.45) is 3.14. The fourth-order valence-electron chi connectivity index (χ4n) is 2.20. The zero-order valence-electron chi connectivity index (χ0n) is 11.6. The smallest absolute Gasteiger partial charge is 0.128 e. The van der Waals surface area contributed by atoms with Crippen molar-refractivity contribution >= 4 is 17.6 Å². The summed E-state index contributed by atoms with van der Waals surface area (Å²) < 4.78 is 0.400. The molecule has 0 bridgehead atoms. The minimum atomic E-state index is 0.400. The first-order valence-electron chi connectivity index (χ1n) is 6.59. The lowest BCUT2D eigenvalue weighted by Gasteiger charge is -2.23. The molecule has 18 heavy (non-hydrogen) atoms. The van der Waals surface area contributed by atoms with Crippen LogP contribution in [0.2, 0.25) is 0 Å². The van der Waals surface area contributed by atoms with Gasteiger partial charge in [-0.2, -0.15) is 11.8 Å². The Morgan fingerprint density at radius 2 is 2.28 bits per heavy atom. The van der Waals surface area contributed by atoms with E-state index in [0.29, 0.717) is 4.75 Å². The predicted octanol–water partition coefficient (Wildman–Crippen LogP) is 2.52. The maximum Gasteiger partial charge on any atom is 0.128 e. The topological polar surface area (TPSA) is 28.2 Å². The summed E-state index contributed by atoms with van der Waals surface area (Å²) in [5.74, 6) is 2.31. The molecule has 0 aromatic carbocycles. The molecule has 4 heteroatoms. The normalized spacial score (nSPS) is 19.6. The van der Waals surface area contributed by atoms with Crippen molar-refractivity contribution in [2.24, 2.45) is 0 Å². The monoisotopic (exact) mass is 265 g/mol. The van der Waals surface area contributed by atoms with Crippen LogP contribution in [0.4, 0.5) is 5.82 Å². The van der Waals surface area contributed by atoms with Crippen molar-refractivity contribution in [2.45, 2.75) is 31.6 Å². The molecule has 1 aliphatic rings. The molecule has 1 aromatic heterocycles. The lowest BCUT2D eigenvalue weighted by atomic mass is 10.1. The maximum atomic E-state index is 4.52. The standard InChI is InChI=1S/C14H23N3S/c1-14(2)5-7-17(8-9-18-14)13-10-12(11-15-3)4-6-16-13/h4,6,10,15H,5,7-9,11H2,1-3H3. The number of pyridine rings is 1. The van der Waals surface area contributed by atoms with Gasteiger partial charge in [-0.3, -0.25) is 0 Å². The van der Waals surface area contributed by atoms with E-state index in [-0.39, 0.29) is 0 Å². The number of anilines is 1. The molecule has 1 saturated heterocycles. The highest BCUT2D eigenvalue weighted by Crippen LogP contribution is 2.31. The number of thioether (sulfide) groups is 1. The van der Waals surface area contributed by atoms with Gasteiger partial charge in [0.2, 0.25) is 0 Å². The molecule has 0 unspecified atom stereocenters. The van der Waals surface area contributed by atoms with Crippen molar-refractivity contribution in [3.8, 4) is 0 Å². The molecule has 3 nitrogen and oxygen atoms in total. The zero-order valence-corrected chi connectivity index (χ0v) is 12.4. The first-order valence-corrected chi connectivity index (χ1v) is 7.58. The van der Waals surface area contributed by atoms with E-state index >= 15 is 0 Å². The fourth-order valence-corrected chi connectivity index (χ4v) is 3.30. The Morgan fingerprint density at radius 1 is 1.44 bits per heavy atom. The van der Waals surface area contributed by atoms with Gasteiger partial charge in [-0.15, -0.1) is 0 Å². The minimum absolute atomic E-state index is 0.400. The van der Waals surface area contributed by atoms with Crippen LogP contribution in [0.5, 0.6) is 0 Å². The van der Waals surface area contributed by atoms with Crippen molar-refractivity contribution in [2.75, 3.05) is 30.8 Å². The number of rotatable bonds is 3. The zero-order chi connectivity index (χ0) is 13.0. The van der Waals surface area contributed by atoms with Gasteiger partial charge >= 0.3 is 0 Å². The predicted molar refractivity (Wildman–Crippen MR) is 80.4 cm³/mol. The molecule has 0 amide bonds. The van der Waals surface area contributed by atoms with Gasteiger partial charge in [-0.1, -0.05) is 13.8 Å². The summed E-state index contributed by atoms with van der Waals surface area (Å²) in [7, 11) is 1.98. The first kappa shape index (κ1) is 13.7. The number of aromatic nitrogens is 1. The van der Waals surface area contributed by atoms with Gasteiger partial charge in [-0.25, -0.2) is 4.98 Å². The molecule has 1 N–H and O–H groups in total. The summed E-state index contributed by atoms with van der Waals surface area (Å²) in [6.45, 7) is 7.79. The van der Waals surface area contributed by atoms with E-state index < -0.39 is 0 Å². The van der Waals surface area contributed by atoms with E-state index in [1.54, 1.807) is 0 Å². The molecule has 0 saturated carbocycles. The second-order valence-electron chi connectivity index (χ2n) is 5.40. The van der Waals surface area contributed by atoms with Crippen LogP contribution in [-0.4, -0.2) is 35.6 Å². The quantitative estimate of drug-likeness (QED) is 0.909. The van der Waals surface area contributed by atoms with Gasteiger partial charge < -0.3 is 10.2 Å². The van der Waals surface area contributed by atoms with E-state index in [4.69, 9.17) is 0 Å². The van der Waals surface area contributed by atoms with Crippen molar-refractivity contribution in [1.82, 2.24) is 10.3 Å². The van der Waals surface area contributed by atoms with Gasteiger partial charge in [0.1, 0.15) is 5.82 Å². The average Bonchev–Trinajstić information content (AvgIpc) is 2.51. The molecule has 100 valence electrons. The van der Waals surface area contributed by atoms with Crippen LogP contribution in [0.1, 0.15) is 25.8 Å². The van der Waals surface area contributed by atoms with Crippen LogP contribution in [0.3, 0.4) is 0 Å². The van der Waals surface area contributed by atoms with E-state index in [0.717, 1.165) is 25.5 Å². The average molecular weight is 265 g/mol. The fraction of sp³-hybridized carbons (Fsp3) is 0.643. The molecular formula is C14H23N3S. The Morgan fingerprint density at radius 3 is 3.06 bits per heavy atom. The van der Waals surface area contributed by atoms with Gasteiger partial charge in [0.25, 0.3) is 0 Å². The molecule has 0 spiro atoms. The molecule has 1 aliphatic heterocycles. The maximum absolute atomic E-state index is 4.52. The van der Waals surface area contributed by atoms with Crippen LogP contribution < -0.4 is 10.2 Å². The number of hydrogen-bond acceptors (Lipinski definition) is 4. The molecule has 0 atom stereocenters. The first-order chi connectivity index (χ1) is 8.61. The SMILES string of the molecule is CNCc1ccnc(N2CCSC(C)(C)CC2)c1. The Bertz CT molecular complexity index is 392. The summed E-state index contributed by atoms with van der Waals surface area (Å²) in [6, 6.07) is 4.29. The van der Waals surface area contributed by atoms with Crippen LogP contribution in [0.25, 0.3) is 0 Å². The third-order valence-corrected chi connectivity index (χ3v) is 4.72. The van der Waals surface area contributed by atoms with Gasteiger partial charge in [0, 0.05) is 36.3 Å². The van der Waals surface area contributed by atoms with Crippen LogP contribution in [0, 0.1) is 0 Å².